The van der Waals surface area contributed by atoms with Crippen LogP contribution in [0.2, 0.25) is 0 Å². The van der Waals surface area contributed by atoms with Crippen molar-refractivity contribution in [1.82, 2.24) is 10.2 Å². The first-order valence-corrected chi connectivity index (χ1v) is 7.75. The van der Waals surface area contributed by atoms with Gasteiger partial charge in [0, 0.05) is 32.1 Å². The van der Waals surface area contributed by atoms with Gasteiger partial charge in [-0.3, -0.25) is 4.79 Å². The summed E-state index contributed by atoms with van der Waals surface area (Å²) in [5.74, 6) is 0.358. The summed E-state index contributed by atoms with van der Waals surface area (Å²) in [5, 5.41) is 3.37. The molecule has 0 aromatic carbocycles. The van der Waals surface area contributed by atoms with E-state index in [1.165, 1.54) is 38.5 Å². The van der Waals surface area contributed by atoms with Crippen LogP contribution in [0.5, 0.6) is 0 Å². The fourth-order valence-corrected chi connectivity index (χ4v) is 2.55. The number of nitrogens with one attached hydrogen (secondary N) is 1. The highest BCUT2D eigenvalue weighted by molar-refractivity contribution is 5.76. The van der Waals surface area contributed by atoms with Crippen LogP contribution in [0.1, 0.15) is 65.2 Å². The maximum Gasteiger partial charge on any atom is 0.222 e. The Morgan fingerprint density at radius 3 is 2.50 bits per heavy atom. The van der Waals surface area contributed by atoms with Gasteiger partial charge in [0.2, 0.25) is 5.91 Å². The molecule has 106 valence electrons. The number of hydrogen-bond donors (Lipinski definition) is 1. The zero-order valence-corrected chi connectivity index (χ0v) is 12.2. The third-order valence-electron chi connectivity index (χ3n) is 3.72. The van der Waals surface area contributed by atoms with Gasteiger partial charge in [-0.1, -0.05) is 45.4 Å². The minimum absolute atomic E-state index is 0.358. The van der Waals surface area contributed by atoms with Crippen LogP contribution in [0.4, 0.5) is 0 Å². The van der Waals surface area contributed by atoms with E-state index in [9.17, 15) is 4.79 Å². The number of amides is 1. The largest absolute Gasteiger partial charge is 0.340 e. The molecule has 1 N–H and O–H groups in total. The fourth-order valence-electron chi connectivity index (χ4n) is 2.55. The summed E-state index contributed by atoms with van der Waals surface area (Å²) in [6.07, 6.45) is 9.70. The van der Waals surface area contributed by atoms with Crippen LogP contribution in [0.3, 0.4) is 0 Å². The average Bonchev–Trinajstić information content (AvgIpc) is 2.37. The molecule has 1 unspecified atom stereocenters. The molecule has 3 nitrogen and oxygen atoms in total. The zero-order chi connectivity index (χ0) is 13.2. The second kappa shape index (κ2) is 9.37. The van der Waals surface area contributed by atoms with E-state index in [1.807, 2.05) is 4.90 Å². The highest BCUT2D eigenvalue weighted by Crippen LogP contribution is 2.10. The molecule has 3 heteroatoms. The summed E-state index contributed by atoms with van der Waals surface area (Å²) >= 11 is 0. The van der Waals surface area contributed by atoms with E-state index in [0.717, 1.165) is 32.5 Å². The molecular formula is C15H30N2O. The Morgan fingerprint density at radius 1 is 1.17 bits per heavy atom. The van der Waals surface area contributed by atoms with Gasteiger partial charge in [-0.05, 0) is 13.3 Å². The van der Waals surface area contributed by atoms with E-state index in [-0.39, 0.29) is 0 Å². The van der Waals surface area contributed by atoms with E-state index in [0.29, 0.717) is 11.9 Å². The maximum absolute atomic E-state index is 12.0. The first-order valence-electron chi connectivity index (χ1n) is 7.75. The molecule has 0 saturated carbocycles. The van der Waals surface area contributed by atoms with Gasteiger partial charge < -0.3 is 10.2 Å². The van der Waals surface area contributed by atoms with Gasteiger partial charge >= 0.3 is 0 Å². The third kappa shape index (κ3) is 6.39. The van der Waals surface area contributed by atoms with E-state index in [4.69, 9.17) is 0 Å². The van der Waals surface area contributed by atoms with Crippen LogP contribution >= 0.6 is 0 Å². The molecular weight excluding hydrogens is 224 g/mol. The lowest BCUT2D eigenvalue weighted by Gasteiger charge is -2.32. The smallest absolute Gasteiger partial charge is 0.222 e. The molecule has 1 heterocycles. The Kier molecular flexibility index (Phi) is 8.06. The Bertz CT molecular complexity index is 231. The SMILES string of the molecule is CCCCCCCCCC(=O)N1CCNC(C)C1. The van der Waals surface area contributed by atoms with Gasteiger partial charge in [0.1, 0.15) is 0 Å². The molecule has 1 saturated heterocycles. The Labute approximate surface area is 112 Å². The van der Waals surface area contributed by atoms with Gasteiger partial charge in [-0.25, -0.2) is 0 Å². The van der Waals surface area contributed by atoms with Crippen LogP contribution < -0.4 is 5.32 Å². The molecule has 0 aromatic heterocycles. The van der Waals surface area contributed by atoms with Gasteiger partial charge in [0.05, 0.1) is 0 Å². The third-order valence-corrected chi connectivity index (χ3v) is 3.72. The van der Waals surface area contributed by atoms with Crippen molar-refractivity contribution in [3.63, 3.8) is 0 Å². The molecule has 1 fully saturated rings. The molecule has 1 amide bonds. The average molecular weight is 254 g/mol. The van der Waals surface area contributed by atoms with E-state index < -0.39 is 0 Å². The summed E-state index contributed by atoms with van der Waals surface area (Å²) < 4.78 is 0. The first-order chi connectivity index (χ1) is 8.74. The van der Waals surface area contributed by atoms with Gasteiger partial charge in [-0.15, -0.1) is 0 Å². The van der Waals surface area contributed by atoms with Crippen LogP contribution in [-0.4, -0.2) is 36.5 Å². The number of hydrogen-bond acceptors (Lipinski definition) is 2. The Morgan fingerprint density at radius 2 is 1.83 bits per heavy atom. The van der Waals surface area contributed by atoms with Crippen molar-refractivity contribution < 1.29 is 4.79 Å². The van der Waals surface area contributed by atoms with Crippen molar-refractivity contribution in [3.05, 3.63) is 0 Å². The van der Waals surface area contributed by atoms with Crippen molar-refractivity contribution in [3.8, 4) is 0 Å². The lowest BCUT2D eigenvalue weighted by molar-refractivity contribution is -0.132. The number of piperazine rings is 1. The van der Waals surface area contributed by atoms with Crippen molar-refractivity contribution in [2.24, 2.45) is 0 Å². The number of unbranched alkanes of at least 4 members (excludes halogenated alkanes) is 6. The van der Waals surface area contributed by atoms with Crippen molar-refractivity contribution in [2.45, 2.75) is 71.3 Å². The van der Waals surface area contributed by atoms with E-state index >= 15 is 0 Å². The first kappa shape index (κ1) is 15.5. The number of rotatable bonds is 8. The summed E-state index contributed by atoms with van der Waals surface area (Å²) in [4.78, 5) is 14.0. The van der Waals surface area contributed by atoms with Crippen LogP contribution in [0.25, 0.3) is 0 Å². The Balaban J connectivity index is 1.99. The molecule has 1 aliphatic heterocycles. The summed E-state index contributed by atoms with van der Waals surface area (Å²) in [7, 11) is 0. The van der Waals surface area contributed by atoms with E-state index in [2.05, 4.69) is 19.2 Å². The highest BCUT2D eigenvalue weighted by Gasteiger charge is 2.19. The lowest BCUT2D eigenvalue weighted by Crippen LogP contribution is -2.51. The van der Waals surface area contributed by atoms with Crippen molar-refractivity contribution in [1.29, 1.82) is 0 Å². The zero-order valence-electron chi connectivity index (χ0n) is 12.2. The monoisotopic (exact) mass is 254 g/mol. The summed E-state index contributed by atoms with van der Waals surface area (Å²) in [6.45, 7) is 7.11. The summed E-state index contributed by atoms with van der Waals surface area (Å²) in [5.41, 5.74) is 0. The quantitative estimate of drug-likeness (QED) is 0.675. The number of carbonyl (C=O) groups excluding carboxylic acids is 1. The molecule has 1 rings (SSSR count). The maximum atomic E-state index is 12.0. The predicted octanol–water partition coefficient (Wildman–Crippen LogP) is 2.95. The summed E-state index contributed by atoms with van der Waals surface area (Å²) in [6, 6.07) is 0.455. The molecule has 0 bridgehead atoms. The highest BCUT2D eigenvalue weighted by atomic mass is 16.2. The second-order valence-corrected chi connectivity index (χ2v) is 5.57. The predicted molar refractivity (Wildman–Crippen MR) is 76.7 cm³/mol. The van der Waals surface area contributed by atoms with Crippen molar-refractivity contribution in [2.75, 3.05) is 19.6 Å². The fraction of sp³-hybridized carbons (Fsp3) is 0.933. The minimum Gasteiger partial charge on any atom is -0.340 e. The van der Waals surface area contributed by atoms with Crippen molar-refractivity contribution >= 4 is 5.91 Å². The van der Waals surface area contributed by atoms with Crippen LogP contribution in [0, 0.1) is 0 Å². The molecule has 0 radical (unpaired) electrons. The molecule has 18 heavy (non-hydrogen) atoms. The van der Waals surface area contributed by atoms with Gasteiger partial charge in [0.25, 0.3) is 0 Å². The van der Waals surface area contributed by atoms with Crippen LogP contribution in [-0.2, 0) is 4.79 Å². The number of carbonyl (C=O) groups is 1. The molecule has 0 aromatic rings. The van der Waals surface area contributed by atoms with Gasteiger partial charge in [0.15, 0.2) is 0 Å². The molecule has 1 aliphatic rings. The Hall–Kier alpha value is -0.570. The van der Waals surface area contributed by atoms with E-state index in [1.54, 1.807) is 0 Å². The second-order valence-electron chi connectivity index (χ2n) is 5.57. The molecule has 0 aliphatic carbocycles. The van der Waals surface area contributed by atoms with Gasteiger partial charge in [-0.2, -0.15) is 0 Å². The van der Waals surface area contributed by atoms with Crippen LogP contribution in [0.15, 0.2) is 0 Å². The molecule has 0 spiro atoms. The number of nitrogens with zero attached hydrogens (tertiary/aromatic N) is 1. The topological polar surface area (TPSA) is 32.3 Å². The normalized spacial score (nSPS) is 20.1. The lowest BCUT2D eigenvalue weighted by atomic mass is 10.1. The minimum atomic E-state index is 0.358. The standard InChI is InChI=1S/C15H30N2O/c1-3-4-5-6-7-8-9-10-15(18)17-12-11-16-14(2)13-17/h14,16H,3-13H2,1-2H3. The molecule has 1 atom stereocenters.